The zero-order chi connectivity index (χ0) is 14.6. The standard InChI is InChI=1S/C20H21N/c1-13-8-10-15(11-9-13)17-12-14(2)19-16-6-4-5-7-18(16)21(3)20(17)19/h4-11,14,17H,12H2,1-3H3/t14-,17-/m1/s1. The minimum absolute atomic E-state index is 0.535. The predicted octanol–water partition coefficient (Wildman–Crippen LogP) is 5.13. The van der Waals surface area contributed by atoms with Crippen molar-refractivity contribution in [3.05, 3.63) is 70.9 Å². The summed E-state index contributed by atoms with van der Waals surface area (Å²) < 4.78 is 2.42. The molecule has 0 fully saturated rings. The summed E-state index contributed by atoms with van der Waals surface area (Å²) in [6, 6.07) is 17.9. The Hall–Kier alpha value is -2.02. The molecule has 3 aromatic rings. The number of benzene rings is 2. The first-order valence-electron chi connectivity index (χ1n) is 7.80. The van der Waals surface area contributed by atoms with Gasteiger partial charge in [0.25, 0.3) is 0 Å². The molecular weight excluding hydrogens is 254 g/mol. The zero-order valence-corrected chi connectivity index (χ0v) is 12.9. The summed E-state index contributed by atoms with van der Waals surface area (Å²) in [6.45, 7) is 4.53. The van der Waals surface area contributed by atoms with Crippen molar-refractivity contribution in [2.24, 2.45) is 7.05 Å². The van der Waals surface area contributed by atoms with Gasteiger partial charge in [-0.15, -0.1) is 0 Å². The molecule has 1 heterocycles. The molecule has 1 aliphatic rings. The van der Waals surface area contributed by atoms with Crippen LogP contribution in [0.1, 0.15) is 47.6 Å². The highest BCUT2D eigenvalue weighted by Crippen LogP contribution is 2.49. The van der Waals surface area contributed by atoms with E-state index in [9.17, 15) is 0 Å². The van der Waals surface area contributed by atoms with Crippen molar-refractivity contribution in [1.29, 1.82) is 0 Å². The third-order valence-electron chi connectivity index (χ3n) is 5.08. The number of aromatic nitrogens is 1. The van der Waals surface area contributed by atoms with Crippen molar-refractivity contribution in [2.75, 3.05) is 0 Å². The highest BCUT2D eigenvalue weighted by molar-refractivity contribution is 5.87. The van der Waals surface area contributed by atoms with Gasteiger partial charge in [0, 0.05) is 29.6 Å². The average molecular weight is 275 g/mol. The fourth-order valence-corrected chi connectivity index (χ4v) is 4.06. The second kappa shape index (κ2) is 4.49. The van der Waals surface area contributed by atoms with Crippen LogP contribution in [-0.2, 0) is 7.05 Å². The van der Waals surface area contributed by atoms with Crippen LogP contribution in [-0.4, -0.2) is 4.57 Å². The topological polar surface area (TPSA) is 4.93 Å². The normalized spacial score (nSPS) is 20.9. The Morgan fingerprint density at radius 2 is 1.71 bits per heavy atom. The number of rotatable bonds is 1. The van der Waals surface area contributed by atoms with E-state index in [2.05, 4.69) is 74.0 Å². The summed E-state index contributed by atoms with van der Waals surface area (Å²) in [4.78, 5) is 0. The van der Waals surface area contributed by atoms with E-state index in [4.69, 9.17) is 0 Å². The van der Waals surface area contributed by atoms with Crippen LogP contribution < -0.4 is 0 Å². The number of para-hydroxylation sites is 1. The summed E-state index contributed by atoms with van der Waals surface area (Å²) in [6.07, 6.45) is 1.23. The van der Waals surface area contributed by atoms with Crippen LogP contribution in [0.4, 0.5) is 0 Å². The molecule has 2 aromatic carbocycles. The van der Waals surface area contributed by atoms with Crippen molar-refractivity contribution < 1.29 is 0 Å². The lowest BCUT2D eigenvalue weighted by Crippen LogP contribution is -2.03. The lowest BCUT2D eigenvalue weighted by molar-refractivity contribution is 0.667. The number of hydrogen-bond acceptors (Lipinski definition) is 0. The maximum atomic E-state index is 2.42. The van der Waals surface area contributed by atoms with Crippen molar-refractivity contribution in [2.45, 2.75) is 32.1 Å². The van der Waals surface area contributed by atoms with Crippen LogP contribution in [0.25, 0.3) is 10.9 Å². The minimum Gasteiger partial charge on any atom is -0.347 e. The zero-order valence-electron chi connectivity index (χ0n) is 12.9. The number of nitrogens with zero attached hydrogens (tertiary/aromatic N) is 1. The smallest absolute Gasteiger partial charge is 0.0483 e. The molecule has 1 aromatic heterocycles. The van der Waals surface area contributed by atoms with Crippen LogP contribution in [0, 0.1) is 6.92 Å². The van der Waals surface area contributed by atoms with Gasteiger partial charge < -0.3 is 4.57 Å². The first-order valence-corrected chi connectivity index (χ1v) is 7.80. The molecular formula is C20H21N. The van der Waals surface area contributed by atoms with Gasteiger partial charge in [0.15, 0.2) is 0 Å². The van der Waals surface area contributed by atoms with Gasteiger partial charge in [-0.3, -0.25) is 0 Å². The fraction of sp³-hybridized carbons (Fsp3) is 0.300. The lowest BCUT2D eigenvalue weighted by atomic mass is 9.94. The van der Waals surface area contributed by atoms with Crippen LogP contribution in [0.5, 0.6) is 0 Å². The Balaban J connectivity index is 1.95. The monoisotopic (exact) mass is 275 g/mol. The van der Waals surface area contributed by atoms with Crippen LogP contribution in [0.15, 0.2) is 48.5 Å². The molecule has 0 amide bonds. The summed E-state index contributed by atoms with van der Waals surface area (Å²) in [5.41, 5.74) is 7.25. The molecule has 0 unspecified atom stereocenters. The van der Waals surface area contributed by atoms with E-state index >= 15 is 0 Å². The molecule has 0 saturated heterocycles. The molecule has 0 saturated carbocycles. The third kappa shape index (κ3) is 1.77. The molecule has 0 N–H and O–H groups in total. The quantitative estimate of drug-likeness (QED) is 0.580. The fourth-order valence-electron chi connectivity index (χ4n) is 4.06. The molecule has 0 radical (unpaired) electrons. The number of hydrogen-bond donors (Lipinski definition) is 0. The van der Waals surface area contributed by atoms with E-state index in [1.807, 2.05) is 0 Å². The van der Waals surface area contributed by atoms with Gasteiger partial charge in [0.2, 0.25) is 0 Å². The van der Waals surface area contributed by atoms with Gasteiger partial charge >= 0.3 is 0 Å². The van der Waals surface area contributed by atoms with Crippen molar-refractivity contribution in [3.63, 3.8) is 0 Å². The van der Waals surface area contributed by atoms with Crippen molar-refractivity contribution in [3.8, 4) is 0 Å². The number of aryl methyl sites for hydroxylation is 2. The largest absolute Gasteiger partial charge is 0.347 e. The van der Waals surface area contributed by atoms with Gasteiger partial charge in [0.05, 0.1) is 0 Å². The summed E-state index contributed by atoms with van der Waals surface area (Å²) in [5.74, 6) is 1.17. The molecule has 4 rings (SSSR count). The van der Waals surface area contributed by atoms with Gasteiger partial charge in [-0.25, -0.2) is 0 Å². The Morgan fingerprint density at radius 3 is 2.48 bits per heavy atom. The molecule has 2 atom stereocenters. The van der Waals surface area contributed by atoms with E-state index in [0.717, 1.165) is 0 Å². The molecule has 0 aliphatic heterocycles. The second-order valence-electron chi connectivity index (χ2n) is 6.48. The highest BCUT2D eigenvalue weighted by Gasteiger charge is 2.34. The first-order chi connectivity index (χ1) is 10.2. The Kier molecular flexibility index (Phi) is 2.72. The first kappa shape index (κ1) is 12.7. The van der Waals surface area contributed by atoms with Gasteiger partial charge in [-0.2, -0.15) is 0 Å². The van der Waals surface area contributed by atoms with Gasteiger partial charge in [-0.1, -0.05) is 55.0 Å². The van der Waals surface area contributed by atoms with Crippen LogP contribution in [0.2, 0.25) is 0 Å². The van der Waals surface area contributed by atoms with Crippen LogP contribution >= 0.6 is 0 Å². The van der Waals surface area contributed by atoms with Gasteiger partial charge in [-0.05, 0) is 36.5 Å². The molecule has 21 heavy (non-hydrogen) atoms. The minimum atomic E-state index is 0.535. The Bertz CT molecular complexity index is 808. The third-order valence-corrected chi connectivity index (χ3v) is 5.08. The number of fused-ring (bicyclic) bond motifs is 3. The molecule has 106 valence electrons. The summed E-state index contributed by atoms with van der Waals surface area (Å²) >= 11 is 0. The highest BCUT2D eigenvalue weighted by atomic mass is 15.0. The van der Waals surface area contributed by atoms with E-state index in [1.54, 1.807) is 5.56 Å². The van der Waals surface area contributed by atoms with Crippen molar-refractivity contribution >= 4 is 10.9 Å². The predicted molar refractivity (Wildman–Crippen MR) is 89.0 cm³/mol. The van der Waals surface area contributed by atoms with Crippen molar-refractivity contribution in [1.82, 2.24) is 4.57 Å². The molecule has 1 aliphatic carbocycles. The van der Waals surface area contributed by atoms with E-state index < -0.39 is 0 Å². The second-order valence-corrected chi connectivity index (χ2v) is 6.48. The van der Waals surface area contributed by atoms with E-state index in [-0.39, 0.29) is 0 Å². The van der Waals surface area contributed by atoms with Gasteiger partial charge in [0.1, 0.15) is 0 Å². The maximum Gasteiger partial charge on any atom is 0.0483 e. The summed E-state index contributed by atoms with van der Waals surface area (Å²) in [5, 5.41) is 1.44. The van der Waals surface area contributed by atoms with E-state index in [0.29, 0.717) is 11.8 Å². The molecule has 1 nitrogen and oxygen atoms in total. The maximum absolute atomic E-state index is 2.42. The summed E-state index contributed by atoms with van der Waals surface area (Å²) in [7, 11) is 2.22. The Morgan fingerprint density at radius 1 is 1.00 bits per heavy atom. The molecule has 1 heteroatoms. The molecule has 0 bridgehead atoms. The van der Waals surface area contributed by atoms with Crippen LogP contribution in [0.3, 0.4) is 0 Å². The Labute approximate surface area is 126 Å². The molecule has 0 spiro atoms. The lowest BCUT2D eigenvalue weighted by Gasteiger charge is -2.15. The average Bonchev–Trinajstić information content (AvgIpc) is 2.98. The SMILES string of the molecule is Cc1ccc([C@H]2C[C@@H](C)c3c2n(C)c2ccccc32)cc1. The van der Waals surface area contributed by atoms with E-state index in [1.165, 1.54) is 34.1 Å².